The van der Waals surface area contributed by atoms with Gasteiger partial charge in [-0.1, -0.05) is 12.1 Å². The van der Waals surface area contributed by atoms with Gasteiger partial charge in [0.1, 0.15) is 11.6 Å². The first kappa shape index (κ1) is 14.0. The molecule has 1 aromatic carbocycles. The van der Waals surface area contributed by atoms with E-state index < -0.39 is 0 Å². The van der Waals surface area contributed by atoms with Gasteiger partial charge in [0.15, 0.2) is 5.82 Å². The molecule has 23 heavy (non-hydrogen) atoms. The summed E-state index contributed by atoms with van der Waals surface area (Å²) in [6.07, 6.45) is 7.08. The van der Waals surface area contributed by atoms with Crippen LogP contribution in [-0.4, -0.2) is 33.2 Å². The molecule has 6 heteroatoms. The molecule has 3 aromatic rings. The topological polar surface area (TPSA) is 64.3 Å². The number of hydrogen-bond acceptors (Lipinski definition) is 5. The van der Waals surface area contributed by atoms with E-state index in [0.29, 0.717) is 5.92 Å². The second kappa shape index (κ2) is 5.87. The Kier molecular flexibility index (Phi) is 3.57. The van der Waals surface area contributed by atoms with Gasteiger partial charge >= 0.3 is 0 Å². The summed E-state index contributed by atoms with van der Waals surface area (Å²) in [6.45, 7) is 0.796. The van der Waals surface area contributed by atoms with Crippen molar-refractivity contribution in [3.8, 4) is 5.75 Å². The number of nitrogens with zero attached hydrogens (tertiary/aromatic N) is 4. The largest absolute Gasteiger partial charge is 0.497 e. The van der Waals surface area contributed by atoms with E-state index in [4.69, 9.17) is 4.74 Å². The molecule has 1 fully saturated rings. The summed E-state index contributed by atoms with van der Waals surface area (Å²) in [5.41, 5.74) is 2.06. The number of methoxy groups -OCH3 is 1. The molecule has 0 aliphatic heterocycles. The normalized spacial score (nSPS) is 14.1. The molecule has 0 atom stereocenters. The van der Waals surface area contributed by atoms with Gasteiger partial charge in [-0.15, -0.1) is 10.2 Å². The summed E-state index contributed by atoms with van der Waals surface area (Å²) >= 11 is 0. The van der Waals surface area contributed by atoms with Crippen molar-refractivity contribution in [2.24, 2.45) is 0 Å². The molecule has 1 N–H and O–H groups in total. The van der Waals surface area contributed by atoms with E-state index in [1.54, 1.807) is 13.3 Å². The Morgan fingerprint density at radius 1 is 1.22 bits per heavy atom. The van der Waals surface area contributed by atoms with Gasteiger partial charge in [-0.05, 0) is 37.0 Å². The van der Waals surface area contributed by atoms with Crippen LogP contribution in [0.1, 0.15) is 30.1 Å². The van der Waals surface area contributed by atoms with Crippen LogP contribution in [0.25, 0.3) is 5.65 Å². The van der Waals surface area contributed by atoms with Gasteiger partial charge in [-0.25, -0.2) is 4.98 Å². The minimum atomic E-state index is 0.569. The molecule has 1 aliphatic rings. The van der Waals surface area contributed by atoms with Crippen molar-refractivity contribution < 1.29 is 4.74 Å². The van der Waals surface area contributed by atoms with E-state index in [-0.39, 0.29) is 0 Å². The van der Waals surface area contributed by atoms with Crippen molar-refractivity contribution in [1.29, 1.82) is 0 Å². The molecule has 0 unspecified atom stereocenters. The van der Waals surface area contributed by atoms with Gasteiger partial charge in [-0.2, -0.15) is 0 Å². The third-order valence-corrected chi connectivity index (χ3v) is 4.16. The van der Waals surface area contributed by atoms with Crippen LogP contribution in [0.5, 0.6) is 5.75 Å². The molecule has 0 spiro atoms. The summed E-state index contributed by atoms with van der Waals surface area (Å²) in [6, 6.07) is 8.12. The van der Waals surface area contributed by atoms with Gasteiger partial charge in [-0.3, -0.25) is 4.40 Å². The van der Waals surface area contributed by atoms with Crippen LogP contribution in [0.4, 0.5) is 5.82 Å². The van der Waals surface area contributed by atoms with Crippen molar-refractivity contribution in [3.05, 3.63) is 48.0 Å². The first-order chi connectivity index (χ1) is 11.3. The molecule has 0 radical (unpaired) electrons. The Hall–Kier alpha value is -2.63. The maximum atomic E-state index is 5.17. The summed E-state index contributed by atoms with van der Waals surface area (Å²) in [4.78, 5) is 4.40. The fourth-order valence-electron chi connectivity index (χ4n) is 2.71. The minimum absolute atomic E-state index is 0.569. The molecular weight excluding hydrogens is 290 g/mol. The number of fused-ring (bicyclic) bond motifs is 1. The van der Waals surface area contributed by atoms with Crippen LogP contribution >= 0.6 is 0 Å². The number of nitrogens with one attached hydrogen (secondary N) is 1. The van der Waals surface area contributed by atoms with E-state index in [0.717, 1.165) is 36.0 Å². The molecule has 2 aromatic heterocycles. The Balaban J connectivity index is 1.45. The third kappa shape index (κ3) is 2.84. The highest BCUT2D eigenvalue weighted by atomic mass is 16.5. The van der Waals surface area contributed by atoms with Crippen molar-refractivity contribution >= 4 is 11.5 Å². The third-order valence-electron chi connectivity index (χ3n) is 4.16. The number of anilines is 1. The summed E-state index contributed by atoms with van der Waals surface area (Å²) in [5.74, 6) is 3.30. The molecular formula is C17H19N5O. The van der Waals surface area contributed by atoms with Gasteiger partial charge in [0.05, 0.1) is 7.11 Å². The molecule has 0 saturated heterocycles. The van der Waals surface area contributed by atoms with Gasteiger partial charge < -0.3 is 10.1 Å². The quantitative estimate of drug-likeness (QED) is 0.758. The zero-order valence-electron chi connectivity index (χ0n) is 13.1. The summed E-state index contributed by atoms with van der Waals surface area (Å²) in [5, 5.41) is 12.0. The minimum Gasteiger partial charge on any atom is -0.497 e. The Bertz CT molecular complexity index is 807. The molecule has 0 bridgehead atoms. The highest BCUT2D eigenvalue weighted by Gasteiger charge is 2.29. The molecule has 4 rings (SSSR count). The highest BCUT2D eigenvalue weighted by molar-refractivity contribution is 5.62. The van der Waals surface area contributed by atoms with Crippen LogP contribution in [0, 0.1) is 0 Å². The second-order valence-electron chi connectivity index (χ2n) is 5.83. The number of ether oxygens (including phenoxy) is 1. The fourth-order valence-corrected chi connectivity index (χ4v) is 2.71. The fraction of sp³-hybridized carbons (Fsp3) is 0.353. The van der Waals surface area contributed by atoms with Crippen LogP contribution in [-0.2, 0) is 6.42 Å². The average molecular weight is 309 g/mol. The number of hydrogen-bond donors (Lipinski definition) is 1. The van der Waals surface area contributed by atoms with Crippen molar-refractivity contribution in [3.63, 3.8) is 0 Å². The van der Waals surface area contributed by atoms with Gasteiger partial charge in [0.25, 0.3) is 0 Å². The van der Waals surface area contributed by atoms with Crippen LogP contribution in [0.15, 0.2) is 36.7 Å². The summed E-state index contributed by atoms with van der Waals surface area (Å²) < 4.78 is 7.23. The molecule has 1 aliphatic carbocycles. The smallest absolute Gasteiger partial charge is 0.203 e. The van der Waals surface area contributed by atoms with Crippen LogP contribution in [0.3, 0.4) is 0 Å². The molecule has 2 heterocycles. The maximum absolute atomic E-state index is 5.17. The summed E-state index contributed by atoms with van der Waals surface area (Å²) in [7, 11) is 1.68. The van der Waals surface area contributed by atoms with E-state index in [1.807, 2.05) is 18.3 Å². The lowest BCUT2D eigenvalue weighted by atomic mass is 10.1. The van der Waals surface area contributed by atoms with Crippen molar-refractivity contribution in [2.45, 2.75) is 25.2 Å². The Morgan fingerprint density at radius 3 is 2.78 bits per heavy atom. The first-order valence-electron chi connectivity index (χ1n) is 7.91. The number of rotatable bonds is 6. The average Bonchev–Trinajstić information content (AvgIpc) is 3.34. The highest BCUT2D eigenvalue weighted by Crippen LogP contribution is 2.39. The monoisotopic (exact) mass is 309 g/mol. The van der Waals surface area contributed by atoms with E-state index in [1.165, 1.54) is 18.4 Å². The lowest BCUT2D eigenvalue weighted by Crippen LogP contribution is -2.08. The second-order valence-corrected chi connectivity index (χ2v) is 5.83. The predicted octanol–water partition coefficient (Wildman–Crippen LogP) is 2.66. The Labute approximate surface area is 134 Å². The van der Waals surface area contributed by atoms with Gasteiger partial charge in [0.2, 0.25) is 5.65 Å². The number of aromatic nitrogens is 4. The van der Waals surface area contributed by atoms with Crippen LogP contribution < -0.4 is 10.1 Å². The lowest BCUT2D eigenvalue weighted by molar-refractivity contribution is 0.414. The zero-order chi connectivity index (χ0) is 15.6. The SMILES string of the molecule is COc1ccc(CCNc2nccn3c(C4CC4)nnc23)cc1. The van der Waals surface area contributed by atoms with E-state index >= 15 is 0 Å². The lowest BCUT2D eigenvalue weighted by Gasteiger charge is -2.07. The molecule has 6 nitrogen and oxygen atoms in total. The molecule has 0 amide bonds. The molecule has 118 valence electrons. The van der Waals surface area contributed by atoms with E-state index in [2.05, 4.69) is 37.0 Å². The zero-order valence-corrected chi connectivity index (χ0v) is 13.1. The van der Waals surface area contributed by atoms with Gasteiger partial charge in [0, 0.05) is 24.9 Å². The predicted molar refractivity (Wildman–Crippen MR) is 87.9 cm³/mol. The van der Waals surface area contributed by atoms with E-state index in [9.17, 15) is 0 Å². The Morgan fingerprint density at radius 2 is 2.04 bits per heavy atom. The van der Waals surface area contributed by atoms with Crippen molar-refractivity contribution in [2.75, 3.05) is 19.0 Å². The standard InChI is InChI=1S/C17H19N5O/c1-23-14-6-2-12(3-7-14)8-9-18-15-17-21-20-16(13-4-5-13)22(17)11-10-19-15/h2-3,6-7,10-11,13H,4-5,8-9H2,1H3,(H,18,19). The maximum Gasteiger partial charge on any atom is 0.203 e. The van der Waals surface area contributed by atoms with Crippen molar-refractivity contribution in [1.82, 2.24) is 19.6 Å². The first-order valence-corrected chi connectivity index (χ1v) is 7.91. The number of benzene rings is 1. The van der Waals surface area contributed by atoms with Crippen LogP contribution in [0.2, 0.25) is 0 Å². The molecule has 1 saturated carbocycles.